The number of carbonyl (C=O) groups excluding carboxylic acids is 1. The standard InChI is InChI=1S/C6H18N4.C2H4O2.2ClH.Co/c7-1-3-9-5-6-10-4-2-8;1-2(3)4;;;/h9-10H,1-8H2;1H3,(H,3,4);2*1H;/q;;;;+3/p-3. The van der Waals surface area contributed by atoms with Gasteiger partial charge in [0.25, 0.3) is 0 Å². The molecule has 0 fully saturated rings. The van der Waals surface area contributed by atoms with Crippen LogP contribution in [-0.2, 0) is 17.7 Å². The second-order valence-electron chi connectivity index (χ2n) is 2.62. The van der Waals surface area contributed by atoms with Crippen LogP contribution in [0.2, 0.25) is 0 Å². The van der Waals surface area contributed by atoms with E-state index in [4.69, 9.17) is 41.7 Å². The quantitative estimate of drug-likeness (QED) is 0.409. The first-order chi connectivity index (χ1) is 8.06. The van der Waals surface area contributed by atoms with Crippen molar-refractivity contribution in [2.75, 3.05) is 39.3 Å². The Bertz CT molecular complexity index is 135. The summed E-state index contributed by atoms with van der Waals surface area (Å²) in [5.41, 5.74) is 10.5. The molecule has 0 heterocycles. The number of hydrogen-bond acceptors (Lipinski definition) is 6. The van der Waals surface area contributed by atoms with E-state index in [1.54, 1.807) is 0 Å². The minimum atomic E-state index is -1.08. The van der Waals surface area contributed by atoms with Gasteiger partial charge < -0.3 is 32.0 Å². The molecule has 9 heteroatoms. The van der Waals surface area contributed by atoms with Gasteiger partial charge in [0, 0.05) is 45.2 Å². The van der Waals surface area contributed by atoms with Crippen molar-refractivity contribution >= 4 is 26.3 Å². The Morgan fingerprint density at radius 2 is 1.35 bits per heavy atom. The summed E-state index contributed by atoms with van der Waals surface area (Å²) in [5.74, 6) is -1.08. The average Bonchev–Trinajstić information content (AvgIpc) is 2.24. The van der Waals surface area contributed by atoms with Crippen LogP contribution in [0.5, 0.6) is 0 Å². The van der Waals surface area contributed by atoms with Gasteiger partial charge in [0.05, 0.1) is 0 Å². The first-order valence-corrected chi connectivity index (χ1v) is 7.76. The molecule has 0 atom stereocenters. The van der Waals surface area contributed by atoms with Crippen LogP contribution in [0.15, 0.2) is 0 Å². The molecule has 108 valence electrons. The van der Waals surface area contributed by atoms with Crippen molar-refractivity contribution in [1.82, 2.24) is 10.6 Å². The van der Waals surface area contributed by atoms with Crippen molar-refractivity contribution in [2.45, 2.75) is 6.92 Å². The van der Waals surface area contributed by atoms with Crippen LogP contribution < -0.4 is 27.2 Å². The van der Waals surface area contributed by atoms with Crippen molar-refractivity contribution in [1.29, 1.82) is 0 Å². The Balaban J connectivity index is -0.000000232. The summed E-state index contributed by atoms with van der Waals surface area (Å²) in [6, 6.07) is 0. The molecular weight excluding hydrogens is 314 g/mol. The van der Waals surface area contributed by atoms with Crippen LogP contribution in [0.1, 0.15) is 6.92 Å². The number of nitrogens with two attached hydrogens (primary N) is 2. The first-order valence-electron chi connectivity index (χ1n) is 4.89. The number of hydrogen-bond donors (Lipinski definition) is 4. The van der Waals surface area contributed by atoms with E-state index in [-0.39, 0.29) is 0 Å². The molecule has 0 rings (SSSR count). The molecule has 0 aromatic rings. The summed E-state index contributed by atoms with van der Waals surface area (Å²) in [7, 11) is 9.47. The monoisotopic (exact) mass is 334 g/mol. The van der Waals surface area contributed by atoms with E-state index in [1.807, 2.05) is 0 Å². The summed E-state index contributed by atoms with van der Waals surface area (Å²) in [4.78, 5) is 8.89. The molecule has 0 aromatic carbocycles. The van der Waals surface area contributed by atoms with Gasteiger partial charge in [0.2, 0.25) is 0 Å². The molecule has 0 radical (unpaired) electrons. The van der Waals surface area contributed by atoms with E-state index >= 15 is 0 Å². The molecule has 0 saturated heterocycles. The zero-order chi connectivity index (χ0) is 13.9. The van der Waals surface area contributed by atoms with Crippen LogP contribution in [0.25, 0.3) is 0 Å². The molecule has 0 aliphatic rings. The number of carboxylic acids is 1. The maximum atomic E-state index is 8.89. The zero-order valence-electron chi connectivity index (χ0n) is 9.80. The summed E-state index contributed by atoms with van der Waals surface area (Å²) >= 11 is 0.382. The fourth-order valence-electron chi connectivity index (χ4n) is 0.631. The van der Waals surface area contributed by atoms with E-state index in [2.05, 4.69) is 10.6 Å². The van der Waals surface area contributed by atoms with Crippen molar-refractivity contribution in [3.63, 3.8) is 0 Å². The number of carboxylic acid groups (broad SMARTS) is 1. The fraction of sp³-hybridized carbons (Fsp3) is 0.875. The molecule has 0 aromatic heterocycles. The fourth-order valence-corrected chi connectivity index (χ4v) is 0.631. The number of nitrogens with one attached hydrogen (secondary N) is 2. The summed E-state index contributed by atoms with van der Waals surface area (Å²) in [6.45, 7) is 6.11. The van der Waals surface area contributed by atoms with Crippen molar-refractivity contribution < 1.29 is 22.8 Å². The van der Waals surface area contributed by atoms with E-state index < -0.39 is 5.97 Å². The molecule has 0 unspecified atom stereocenters. The van der Waals surface area contributed by atoms with Gasteiger partial charge in [0.15, 0.2) is 0 Å². The van der Waals surface area contributed by atoms with Gasteiger partial charge in [-0.15, -0.1) is 0 Å². The van der Waals surface area contributed by atoms with Crippen LogP contribution in [0.4, 0.5) is 0 Å². The van der Waals surface area contributed by atoms with Gasteiger partial charge in [-0.2, -0.15) is 0 Å². The number of halogens is 2. The third-order valence-corrected chi connectivity index (χ3v) is 1.12. The molecule has 6 nitrogen and oxygen atoms in total. The molecule has 0 amide bonds. The number of rotatable bonds is 7. The normalized spacial score (nSPS) is 8.76. The summed E-state index contributed by atoms with van der Waals surface area (Å²) in [5, 5.41) is 15.2. The van der Waals surface area contributed by atoms with Crippen molar-refractivity contribution in [3.05, 3.63) is 0 Å². The molecule has 0 spiro atoms. The van der Waals surface area contributed by atoms with Gasteiger partial charge >= 0.3 is 33.2 Å². The van der Waals surface area contributed by atoms with Crippen LogP contribution in [0, 0.1) is 0 Å². The van der Waals surface area contributed by atoms with Gasteiger partial charge in [-0.25, -0.2) is 0 Å². The molecule has 0 saturated carbocycles. The Hall–Kier alpha value is 0.396. The Morgan fingerprint density at radius 3 is 1.53 bits per heavy atom. The predicted octanol–water partition coefficient (Wildman–Crippen LogP) is -1.78. The number of carbonyl (C=O) groups is 1. The predicted molar refractivity (Wildman–Crippen MR) is 66.2 cm³/mol. The van der Waals surface area contributed by atoms with Gasteiger partial charge in [0.1, 0.15) is 0 Å². The SMILES string of the molecule is CC(=O)[O-].NCCNCCNCCN.[Cl][Co+][Cl]. The van der Waals surface area contributed by atoms with Gasteiger partial charge in [-0.05, 0) is 6.92 Å². The van der Waals surface area contributed by atoms with E-state index in [0.717, 1.165) is 33.1 Å². The third-order valence-electron chi connectivity index (χ3n) is 1.12. The molecular formula is C8H21Cl2CoN4O2. The second kappa shape index (κ2) is 25.3. The van der Waals surface area contributed by atoms with E-state index in [0.29, 0.717) is 26.0 Å². The Labute approximate surface area is 117 Å². The van der Waals surface area contributed by atoms with Crippen molar-refractivity contribution in [3.8, 4) is 0 Å². The molecule has 0 bridgehead atoms. The molecule has 17 heavy (non-hydrogen) atoms. The third kappa shape index (κ3) is 62.1. The maximum absolute atomic E-state index is 8.89. The van der Waals surface area contributed by atoms with Crippen molar-refractivity contribution in [2.24, 2.45) is 11.5 Å². The van der Waals surface area contributed by atoms with Crippen LogP contribution in [-0.4, -0.2) is 45.2 Å². The van der Waals surface area contributed by atoms with E-state index in [9.17, 15) is 0 Å². The molecule has 0 aliphatic heterocycles. The van der Waals surface area contributed by atoms with Gasteiger partial charge in [-0.1, -0.05) is 0 Å². The van der Waals surface area contributed by atoms with E-state index in [1.165, 1.54) is 0 Å². The summed E-state index contributed by atoms with van der Waals surface area (Å²) in [6.07, 6.45) is 0. The van der Waals surface area contributed by atoms with Crippen LogP contribution in [0.3, 0.4) is 0 Å². The average molecular weight is 335 g/mol. The number of aliphatic carboxylic acids is 1. The first kappa shape index (κ1) is 22.6. The molecule has 0 aliphatic carbocycles. The topological polar surface area (TPSA) is 116 Å². The second-order valence-corrected chi connectivity index (χ2v) is 4.34. The molecule has 6 N–H and O–H groups in total. The zero-order valence-corrected chi connectivity index (χ0v) is 12.4. The Kier molecular flexibility index (Phi) is 33.6. The minimum absolute atomic E-state index is 0.382. The Morgan fingerprint density at radius 1 is 1.12 bits per heavy atom. The van der Waals surface area contributed by atoms with Crippen LogP contribution >= 0.6 is 20.3 Å². The summed E-state index contributed by atoms with van der Waals surface area (Å²) < 4.78 is 0. The van der Waals surface area contributed by atoms with Gasteiger partial charge in [-0.3, -0.25) is 0 Å².